The van der Waals surface area contributed by atoms with Crippen LogP contribution >= 0.6 is 11.6 Å². The van der Waals surface area contributed by atoms with Crippen LogP contribution < -0.4 is 0 Å². The number of hydrogen-bond acceptors (Lipinski definition) is 3. The quantitative estimate of drug-likeness (QED) is 0.650. The van der Waals surface area contributed by atoms with Crippen LogP contribution in [0.1, 0.15) is 19.4 Å². The lowest BCUT2D eigenvalue weighted by Crippen LogP contribution is -2.41. The van der Waals surface area contributed by atoms with Gasteiger partial charge in [-0.1, -0.05) is 30.3 Å². The van der Waals surface area contributed by atoms with Crippen LogP contribution in [-0.4, -0.2) is 22.1 Å². The standard InChI is InChI=1S/C12H15ClO3/c1-9(14)12(2,13)11(15)16-8-10-6-4-3-5-7-10/h3-7,9,14H,8H2,1-2H3/t9-,12-/m1/s1. The number of hydrogen-bond donors (Lipinski definition) is 1. The van der Waals surface area contributed by atoms with E-state index in [-0.39, 0.29) is 6.61 Å². The van der Waals surface area contributed by atoms with Gasteiger partial charge in [-0.3, -0.25) is 4.79 Å². The van der Waals surface area contributed by atoms with Crippen LogP contribution in [0.5, 0.6) is 0 Å². The maximum absolute atomic E-state index is 11.6. The fourth-order valence-electron chi connectivity index (χ4n) is 1.03. The molecule has 0 radical (unpaired) electrons. The maximum atomic E-state index is 11.6. The molecule has 1 aromatic rings. The second kappa shape index (κ2) is 5.32. The van der Waals surface area contributed by atoms with Gasteiger partial charge in [0.1, 0.15) is 6.61 Å². The molecule has 0 saturated carbocycles. The number of rotatable bonds is 4. The Morgan fingerprint density at radius 1 is 1.50 bits per heavy atom. The molecule has 16 heavy (non-hydrogen) atoms. The van der Waals surface area contributed by atoms with Crippen LogP contribution in [0.25, 0.3) is 0 Å². The van der Waals surface area contributed by atoms with Crippen molar-refractivity contribution in [1.82, 2.24) is 0 Å². The summed E-state index contributed by atoms with van der Waals surface area (Å²) in [6, 6.07) is 9.30. The number of alkyl halides is 1. The number of carbonyl (C=O) groups is 1. The van der Waals surface area contributed by atoms with Crippen LogP contribution in [0.15, 0.2) is 30.3 Å². The van der Waals surface area contributed by atoms with Crippen molar-refractivity contribution in [2.24, 2.45) is 0 Å². The minimum Gasteiger partial charge on any atom is -0.459 e. The summed E-state index contributed by atoms with van der Waals surface area (Å²) in [5.41, 5.74) is 0.883. The van der Waals surface area contributed by atoms with E-state index < -0.39 is 16.9 Å². The van der Waals surface area contributed by atoms with E-state index >= 15 is 0 Å². The molecule has 2 atom stereocenters. The van der Waals surface area contributed by atoms with E-state index in [0.717, 1.165) is 5.56 Å². The van der Waals surface area contributed by atoms with E-state index in [0.29, 0.717) is 0 Å². The van der Waals surface area contributed by atoms with E-state index in [1.54, 1.807) is 0 Å². The number of esters is 1. The highest BCUT2D eigenvalue weighted by Crippen LogP contribution is 2.21. The Labute approximate surface area is 100.0 Å². The molecule has 0 aromatic heterocycles. The van der Waals surface area contributed by atoms with Crippen molar-refractivity contribution in [3.8, 4) is 0 Å². The summed E-state index contributed by atoms with van der Waals surface area (Å²) in [6.07, 6.45) is -0.961. The van der Waals surface area contributed by atoms with Crippen molar-refractivity contribution in [3.63, 3.8) is 0 Å². The fraction of sp³-hybridized carbons (Fsp3) is 0.417. The SMILES string of the molecule is C[C@@H](O)[C@@](C)(Cl)C(=O)OCc1ccccc1. The minimum absolute atomic E-state index is 0.161. The van der Waals surface area contributed by atoms with Crippen molar-refractivity contribution in [1.29, 1.82) is 0 Å². The lowest BCUT2D eigenvalue weighted by atomic mass is 10.1. The molecule has 88 valence electrons. The summed E-state index contributed by atoms with van der Waals surface area (Å²) < 4.78 is 5.02. The van der Waals surface area contributed by atoms with Gasteiger partial charge < -0.3 is 9.84 Å². The minimum atomic E-state index is -1.39. The van der Waals surface area contributed by atoms with Crippen molar-refractivity contribution < 1.29 is 14.6 Å². The molecule has 0 fully saturated rings. The van der Waals surface area contributed by atoms with Gasteiger partial charge >= 0.3 is 5.97 Å². The third kappa shape index (κ3) is 3.22. The summed E-state index contributed by atoms with van der Waals surface area (Å²) in [5, 5.41) is 9.31. The molecule has 4 heteroatoms. The third-order valence-corrected chi connectivity index (χ3v) is 2.87. The van der Waals surface area contributed by atoms with Crippen molar-refractivity contribution in [3.05, 3.63) is 35.9 Å². The lowest BCUT2D eigenvalue weighted by Gasteiger charge is -2.22. The molecular weight excluding hydrogens is 228 g/mol. The summed E-state index contributed by atoms with van der Waals surface area (Å²) in [6.45, 7) is 3.05. The zero-order valence-corrected chi connectivity index (χ0v) is 10.1. The van der Waals surface area contributed by atoms with Crippen LogP contribution in [0.3, 0.4) is 0 Å². The Balaban J connectivity index is 2.54. The summed E-state index contributed by atoms with van der Waals surface area (Å²) in [4.78, 5) is 10.2. The molecule has 0 saturated heterocycles. The van der Waals surface area contributed by atoms with Gasteiger partial charge in [0, 0.05) is 0 Å². The normalized spacial score (nSPS) is 16.2. The van der Waals surface area contributed by atoms with Crippen LogP contribution in [0.2, 0.25) is 0 Å². The zero-order valence-electron chi connectivity index (χ0n) is 9.31. The van der Waals surface area contributed by atoms with E-state index in [1.807, 2.05) is 30.3 Å². The largest absolute Gasteiger partial charge is 0.459 e. The van der Waals surface area contributed by atoms with Crippen molar-refractivity contribution in [2.75, 3.05) is 0 Å². The third-order valence-electron chi connectivity index (χ3n) is 2.40. The molecule has 0 bridgehead atoms. The Morgan fingerprint density at radius 3 is 2.56 bits per heavy atom. The van der Waals surface area contributed by atoms with E-state index in [2.05, 4.69) is 0 Å². The highest BCUT2D eigenvalue weighted by atomic mass is 35.5. The monoisotopic (exact) mass is 242 g/mol. The van der Waals surface area contributed by atoms with E-state index in [4.69, 9.17) is 16.3 Å². The molecule has 0 aliphatic carbocycles. The molecule has 1 rings (SSSR count). The Bertz CT molecular complexity index is 347. The number of aliphatic hydroxyl groups excluding tert-OH is 1. The number of aliphatic hydroxyl groups is 1. The molecule has 3 nitrogen and oxygen atoms in total. The first-order valence-electron chi connectivity index (χ1n) is 5.02. The maximum Gasteiger partial charge on any atom is 0.329 e. The Morgan fingerprint density at radius 2 is 2.06 bits per heavy atom. The summed E-state index contributed by atoms with van der Waals surface area (Å²) in [7, 11) is 0. The summed E-state index contributed by atoms with van der Waals surface area (Å²) in [5.74, 6) is -0.618. The van der Waals surface area contributed by atoms with Crippen molar-refractivity contribution >= 4 is 17.6 Å². The van der Waals surface area contributed by atoms with Crippen molar-refractivity contribution in [2.45, 2.75) is 31.4 Å². The highest BCUT2D eigenvalue weighted by molar-refractivity contribution is 6.34. The molecule has 0 heterocycles. The van der Waals surface area contributed by atoms with Gasteiger partial charge in [0.05, 0.1) is 6.10 Å². The fourth-order valence-corrected chi connectivity index (χ4v) is 1.09. The van der Waals surface area contributed by atoms with Gasteiger partial charge in [-0.15, -0.1) is 11.6 Å². The Kier molecular flexibility index (Phi) is 4.33. The molecule has 1 N–H and O–H groups in total. The predicted octanol–water partition coefficient (Wildman–Crippen LogP) is 2.11. The highest BCUT2D eigenvalue weighted by Gasteiger charge is 2.37. The predicted molar refractivity (Wildman–Crippen MR) is 62.2 cm³/mol. The van der Waals surface area contributed by atoms with Gasteiger partial charge in [0.2, 0.25) is 0 Å². The molecule has 0 amide bonds. The number of carbonyl (C=O) groups excluding carboxylic acids is 1. The molecule has 0 spiro atoms. The van der Waals surface area contributed by atoms with Crippen LogP contribution in [-0.2, 0) is 16.1 Å². The number of benzene rings is 1. The number of ether oxygens (including phenoxy) is 1. The second-order valence-corrected chi connectivity index (χ2v) is 4.60. The van der Waals surface area contributed by atoms with E-state index in [9.17, 15) is 9.90 Å². The van der Waals surface area contributed by atoms with E-state index in [1.165, 1.54) is 13.8 Å². The molecule has 1 aromatic carbocycles. The second-order valence-electron chi connectivity index (χ2n) is 3.81. The molecule has 0 aliphatic heterocycles. The molecular formula is C12H15ClO3. The first kappa shape index (κ1) is 13.0. The molecule has 0 aliphatic rings. The van der Waals surface area contributed by atoms with Gasteiger partial charge in [-0.25, -0.2) is 0 Å². The molecule has 0 unspecified atom stereocenters. The topological polar surface area (TPSA) is 46.5 Å². The smallest absolute Gasteiger partial charge is 0.329 e. The average molecular weight is 243 g/mol. The van der Waals surface area contributed by atoms with Crippen LogP contribution in [0, 0.1) is 0 Å². The van der Waals surface area contributed by atoms with Crippen LogP contribution in [0.4, 0.5) is 0 Å². The van der Waals surface area contributed by atoms with Gasteiger partial charge in [-0.2, -0.15) is 0 Å². The lowest BCUT2D eigenvalue weighted by molar-refractivity contribution is -0.150. The Hall–Kier alpha value is -1.06. The summed E-state index contributed by atoms with van der Waals surface area (Å²) >= 11 is 5.86. The average Bonchev–Trinajstić information content (AvgIpc) is 2.27. The van der Waals surface area contributed by atoms with Gasteiger partial charge in [0.15, 0.2) is 4.87 Å². The zero-order chi connectivity index (χ0) is 12.2. The van der Waals surface area contributed by atoms with Gasteiger partial charge in [0.25, 0.3) is 0 Å². The number of halogens is 1. The first-order chi connectivity index (χ1) is 7.44. The van der Waals surface area contributed by atoms with Gasteiger partial charge in [-0.05, 0) is 19.4 Å². The first-order valence-corrected chi connectivity index (χ1v) is 5.40.